The van der Waals surface area contributed by atoms with Gasteiger partial charge in [0, 0.05) is 23.7 Å². The van der Waals surface area contributed by atoms with Gasteiger partial charge in [0.25, 0.3) is 0 Å². The summed E-state index contributed by atoms with van der Waals surface area (Å²) in [6.45, 7) is 7.55. The molecule has 4 nitrogen and oxygen atoms in total. The van der Waals surface area contributed by atoms with Crippen LogP contribution in [0.1, 0.15) is 19.5 Å². The van der Waals surface area contributed by atoms with E-state index >= 15 is 0 Å². The second-order valence-electron chi connectivity index (χ2n) is 3.67. The molecule has 0 aromatic carbocycles. The van der Waals surface area contributed by atoms with Crippen molar-refractivity contribution in [2.75, 3.05) is 6.61 Å². The summed E-state index contributed by atoms with van der Waals surface area (Å²) < 4.78 is 4.92. The third-order valence-corrected chi connectivity index (χ3v) is 2.47. The van der Waals surface area contributed by atoms with Crippen LogP contribution in [0, 0.1) is 5.41 Å². The maximum Gasteiger partial charge on any atom is 0.340 e. The zero-order chi connectivity index (χ0) is 13.7. The number of aromatic nitrogens is 1. The molecule has 0 atom stereocenters. The van der Waals surface area contributed by atoms with E-state index in [0.29, 0.717) is 21.9 Å². The molecule has 0 saturated heterocycles. The molecule has 0 aliphatic rings. The Morgan fingerprint density at radius 3 is 2.72 bits per heavy atom. The van der Waals surface area contributed by atoms with Gasteiger partial charge in [-0.05, 0) is 25.5 Å². The summed E-state index contributed by atoms with van der Waals surface area (Å²) >= 11 is 5.84. The van der Waals surface area contributed by atoms with Crippen molar-refractivity contribution in [2.24, 2.45) is 0 Å². The van der Waals surface area contributed by atoms with Crippen LogP contribution in [0.2, 0.25) is 5.02 Å². The van der Waals surface area contributed by atoms with E-state index in [4.69, 9.17) is 21.7 Å². The number of H-pyrrole nitrogens is 1. The van der Waals surface area contributed by atoms with Crippen molar-refractivity contribution in [3.05, 3.63) is 40.7 Å². The van der Waals surface area contributed by atoms with Crippen molar-refractivity contribution in [2.45, 2.75) is 13.8 Å². The van der Waals surface area contributed by atoms with Crippen molar-refractivity contribution in [3.8, 4) is 0 Å². The van der Waals surface area contributed by atoms with Crippen molar-refractivity contribution in [3.63, 3.8) is 0 Å². The van der Waals surface area contributed by atoms with Gasteiger partial charge in [0.2, 0.25) is 0 Å². The van der Waals surface area contributed by atoms with Gasteiger partial charge in [-0.1, -0.05) is 18.2 Å². The first-order valence-corrected chi connectivity index (χ1v) is 5.81. The monoisotopic (exact) mass is 266 g/mol. The minimum Gasteiger partial charge on any atom is -0.462 e. The van der Waals surface area contributed by atoms with Gasteiger partial charge < -0.3 is 15.1 Å². The summed E-state index contributed by atoms with van der Waals surface area (Å²) in [5.74, 6) is -0.545. The van der Waals surface area contributed by atoms with Crippen LogP contribution >= 0.6 is 11.6 Å². The SMILES string of the molecule is C=C(C)/C(=C(/C=N)C(=O)OCC)c1cc(Cl)c[nH]1. The highest BCUT2D eigenvalue weighted by Crippen LogP contribution is 2.26. The third-order valence-electron chi connectivity index (χ3n) is 2.25. The van der Waals surface area contributed by atoms with Gasteiger partial charge in [0.15, 0.2) is 0 Å². The summed E-state index contributed by atoms with van der Waals surface area (Å²) in [6.07, 6.45) is 2.57. The molecule has 1 aromatic heterocycles. The minimum atomic E-state index is -0.545. The molecule has 0 unspecified atom stereocenters. The average Bonchev–Trinajstić information content (AvgIpc) is 2.71. The Morgan fingerprint density at radius 2 is 2.33 bits per heavy atom. The van der Waals surface area contributed by atoms with E-state index < -0.39 is 5.97 Å². The summed E-state index contributed by atoms with van der Waals surface area (Å²) in [4.78, 5) is 14.7. The molecule has 0 aliphatic carbocycles. The number of ether oxygens (including phenoxy) is 1. The first kappa shape index (κ1) is 14.3. The van der Waals surface area contributed by atoms with E-state index in [0.717, 1.165) is 6.21 Å². The second kappa shape index (κ2) is 6.21. The Morgan fingerprint density at radius 1 is 1.67 bits per heavy atom. The number of allylic oxidation sites excluding steroid dienone is 2. The number of aromatic amines is 1. The van der Waals surface area contributed by atoms with Gasteiger partial charge in [0.1, 0.15) is 0 Å². The lowest BCUT2D eigenvalue weighted by Gasteiger charge is -2.10. The first-order chi connectivity index (χ1) is 8.51. The van der Waals surface area contributed by atoms with Crippen LogP contribution < -0.4 is 0 Å². The summed E-state index contributed by atoms with van der Waals surface area (Å²) in [5, 5.41) is 7.90. The molecule has 0 saturated carbocycles. The van der Waals surface area contributed by atoms with Gasteiger partial charge >= 0.3 is 5.97 Å². The van der Waals surface area contributed by atoms with E-state index in [1.54, 1.807) is 26.1 Å². The van der Waals surface area contributed by atoms with Gasteiger partial charge in [-0.25, -0.2) is 4.79 Å². The predicted octanol–water partition coefficient (Wildman–Crippen LogP) is 3.21. The van der Waals surface area contributed by atoms with Crippen LogP contribution in [0.5, 0.6) is 0 Å². The van der Waals surface area contributed by atoms with Crippen molar-refractivity contribution in [1.82, 2.24) is 4.98 Å². The number of carbonyl (C=O) groups is 1. The molecular weight excluding hydrogens is 252 g/mol. The van der Waals surface area contributed by atoms with E-state index in [1.165, 1.54) is 0 Å². The predicted molar refractivity (Wildman–Crippen MR) is 73.0 cm³/mol. The molecule has 0 amide bonds. The van der Waals surface area contributed by atoms with Gasteiger partial charge in [0.05, 0.1) is 17.2 Å². The largest absolute Gasteiger partial charge is 0.462 e. The van der Waals surface area contributed by atoms with E-state index in [9.17, 15) is 4.79 Å². The van der Waals surface area contributed by atoms with Crippen LogP contribution in [0.3, 0.4) is 0 Å². The molecule has 0 bridgehead atoms. The molecule has 0 aliphatic heterocycles. The molecule has 1 aromatic rings. The fourth-order valence-electron chi connectivity index (χ4n) is 1.56. The van der Waals surface area contributed by atoms with Crippen LogP contribution in [-0.4, -0.2) is 23.8 Å². The summed E-state index contributed by atoms with van der Waals surface area (Å²) in [6, 6.07) is 1.67. The fourth-order valence-corrected chi connectivity index (χ4v) is 1.72. The molecule has 1 heterocycles. The summed E-state index contributed by atoms with van der Waals surface area (Å²) in [5.41, 5.74) is 1.98. The van der Waals surface area contributed by atoms with Gasteiger partial charge in [-0.2, -0.15) is 0 Å². The molecule has 0 spiro atoms. The number of carbonyl (C=O) groups excluding carboxylic acids is 1. The molecule has 5 heteroatoms. The summed E-state index contributed by atoms with van der Waals surface area (Å²) in [7, 11) is 0. The molecule has 0 fully saturated rings. The quantitative estimate of drug-likeness (QED) is 0.372. The molecule has 96 valence electrons. The maximum atomic E-state index is 11.8. The molecular formula is C13H15ClN2O2. The Kier molecular flexibility index (Phi) is 4.92. The van der Waals surface area contributed by atoms with Crippen molar-refractivity contribution in [1.29, 1.82) is 5.41 Å². The third kappa shape index (κ3) is 3.11. The lowest BCUT2D eigenvalue weighted by atomic mass is 9.99. The van der Waals surface area contributed by atoms with E-state index in [2.05, 4.69) is 11.6 Å². The normalized spacial score (nSPS) is 11.7. The standard InChI is InChI=1S/C13H15ClN2O2/c1-4-18-13(17)10(6-15)12(8(2)3)11-5-9(14)7-16-11/h5-7,15-16H,2,4H2,1,3H3/b12-10+,15-6?. The number of esters is 1. The Labute approximate surface area is 111 Å². The Balaban J connectivity index is 3.35. The van der Waals surface area contributed by atoms with Crippen molar-refractivity contribution < 1.29 is 9.53 Å². The number of halogens is 1. The smallest absolute Gasteiger partial charge is 0.340 e. The highest BCUT2D eigenvalue weighted by atomic mass is 35.5. The fraction of sp³-hybridized carbons (Fsp3) is 0.231. The van der Waals surface area contributed by atoms with Gasteiger partial charge in [-0.15, -0.1) is 0 Å². The van der Waals surface area contributed by atoms with Crippen molar-refractivity contribution >= 4 is 29.4 Å². The van der Waals surface area contributed by atoms with Crippen LogP contribution in [-0.2, 0) is 9.53 Å². The average molecular weight is 267 g/mol. The zero-order valence-corrected chi connectivity index (χ0v) is 11.1. The lowest BCUT2D eigenvalue weighted by Crippen LogP contribution is -2.11. The van der Waals surface area contributed by atoms with Crippen LogP contribution in [0.4, 0.5) is 0 Å². The van der Waals surface area contributed by atoms with Gasteiger partial charge in [-0.3, -0.25) is 0 Å². The van der Waals surface area contributed by atoms with E-state index in [-0.39, 0.29) is 12.2 Å². The highest BCUT2D eigenvalue weighted by Gasteiger charge is 2.17. The minimum absolute atomic E-state index is 0.155. The zero-order valence-electron chi connectivity index (χ0n) is 10.3. The number of hydrogen-bond donors (Lipinski definition) is 2. The molecule has 2 N–H and O–H groups in total. The molecule has 0 radical (unpaired) electrons. The molecule has 1 rings (SSSR count). The number of hydrogen-bond acceptors (Lipinski definition) is 3. The van der Waals surface area contributed by atoms with Crippen LogP contribution in [0.15, 0.2) is 30.0 Å². The number of rotatable bonds is 5. The lowest BCUT2D eigenvalue weighted by molar-refractivity contribution is -0.137. The van der Waals surface area contributed by atoms with E-state index in [1.807, 2.05) is 0 Å². The Hall–Kier alpha value is -1.81. The van der Waals surface area contributed by atoms with Crippen LogP contribution in [0.25, 0.3) is 5.57 Å². The Bertz CT molecular complexity index is 515. The second-order valence-corrected chi connectivity index (χ2v) is 4.10. The number of nitrogens with one attached hydrogen (secondary N) is 2. The maximum absolute atomic E-state index is 11.8. The topological polar surface area (TPSA) is 65.9 Å². The molecule has 18 heavy (non-hydrogen) atoms. The highest BCUT2D eigenvalue weighted by molar-refractivity contribution is 6.30. The first-order valence-electron chi connectivity index (χ1n) is 5.43.